The van der Waals surface area contributed by atoms with Gasteiger partial charge in [-0.1, -0.05) is 12.1 Å². The van der Waals surface area contributed by atoms with E-state index in [0.29, 0.717) is 24.6 Å². The summed E-state index contributed by atoms with van der Waals surface area (Å²) in [4.78, 5) is 16.4. The molecule has 0 saturated carbocycles. The van der Waals surface area contributed by atoms with E-state index in [0.717, 1.165) is 15.2 Å². The molecule has 0 fully saturated rings. The van der Waals surface area contributed by atoms with E-state index in [4.69, 9.17) is 14.9 Å². The molecule has 0 bridgehead atoms. The van der Waals surface area contributed by atoms with Crippen LogP contribution in [0.4, 0.5) is 0 Å². The van der Waals surface area contributed by atoms with Crippen molar-refractivity contribution in [3.8, 4) is 10.8 Å². The van der Waals surface area contributed by atoms with Crippen LogP contribution in [0.15, 0.2) is 40.8 Å². The lowest BCUT2D eigenvalue weighted by Gasteiger charge is -2.11. The average molecular weight is 382 g/mol. The SMILES string of the molecule is COC(CN)CC(=O)NCc1ccc(-c2nc3ccccc3s2)o1.Cl. The minimum atomic E-state index is -0.264. The number of ether oxygens (including phenoxy) is 1. The lowest BCUT2D eigenvalue weighted by atomic mass is 10.2. The molecule has 1 atom stereocenters. The monoisotopic (exact) mass is 381 g/mol. The van der Waals surface area contributed by atoms with Gasteiger partial charge in [-0.05, 0) is 24.3 Å². The van der Waals surface area contributed by atoms with Gasteiger partial charge in [0, 0.05) is 13.7 Å². The first-order chi connectivity index (χ1) is 11.7. The smallest absolute Gasteiger partial charge is 0.223 e. The maximum Gasteiger partial charge on any atom is 0.223 e. The summed E-state index contributed by atoms with van der Waals surface area (Å²) in [6, 6.07) is 11.7. The number of carbonyl (C=O) groups is 1. The fourth-order valence-electron chi connectivity index (χ4n) is 2.29. The van der Waals surface area contributed by atoms with E-state index in [9.17, 15) is 4.79 Å². The number of aromatic nitrogens is 1. The molecule has 1 unspecified atom stereocenters. The van der Waals surface area contributed by atoms with Crippen molar-refractivity contribution in [3.63, 3.8) is 0 Å². The van der Waals surface area contributed by atoms with E-state index >= 15 is 0 Å². The van der Waals surface area contributed by atoms with E-state index in [1.807, 2.05) is 36.4 Å². The molecule has 134 valence electrons. The van der Waals surface area contributed by atoms with Gasteiger partial charge >= 0.3 is 0 Å². The van der Waals surface area contributed by atoms with Crippen LogP contribution in [0.2, 0.25) is 0 Å². The zero-order valence-electron chi connectivity index (χ0n) is 13.7. The number of rotatable bonds is 7. The second kappa shape index (κ2) is 8.96. The topological polar surface area (TPSA) is 90.4 Å². The minimum Gasteiger partial charge on any atom is -0.457 e. The summed E-state index contributed by atoms with van der Waals surface area (Å²) in [6.45, 7) is 0.636. The highest BCUT2D eigenvalue weighted by Gasteiger charge is 2.13. The van der Waals surface area contributed by atoms with Crippen LogP contribution in [0.5, 0.6) is 0 Å². The van der Waals surface area contributed by atoms with Crippen LogP contribution < -0.4 is 11.1 Å². The molecule has 0 saturated heterocycles. The van der Waals surface area contributed by atoms with Gasteiger partial charge in [-0.2, -0.15) is 0 Å². The normalized spacial score (nSPS) is 11.9. The average Bonchev–Trinajstić information content (AvgIpc) is 3.24. The van der Waals surface area contributed by atoms with E-state index < -0.39 is 0 Å². The van der Waals surface area contributed by atoms with Crippen LogP contribution in [0.3, 0.4) is 0 Å². The van der Waals surface area contributed by atoms with Gasteiger partial charge in [0.05, 0.1) is 29.3 Å². The van der Waals surface area contributed by atoms with Crippen molar-refractivity contribution in [2.24, 2.45) is 5.73 Å². The Morgan fingerprint density at radius 2 is 2.16 bits per heavy atom. The molecule has 2 aromatic heterocycles. The fraction of sp³-hybridized carbons (Fsp3) is 0.294. The number of nitrogens with one attached hydrogen (secondary N) is 1. The summed E-state index contributed by atoms with van der Waals surface area (Å²) in [6.07, 6.45) is -0.0294. The van der Waals surface area contributed by atoms with Gasteiger partial charge in [0.1, 0.15) is 5.76 Å². The van der Waals surface area contributed by atoms with Gasteiger partial charge in [-0.25, -0.2) is 4.98 Å². The summed E-state index contributed by atoms with van der Waals surface area (Å²) in [5, 5.41) is 3.63. The Hall–Kier alpha value is -1.93. The minimum absolute atomic E-state index is 0. The van der Waals surface area contributed by atoms with Crippen molar-refractivity contribution >= 4 is 39.9 Å². The number of benzene rings is 1. The van der Waals surface area contributed by atoms with Crippen molar-refractivity contribution in [3.05, 3.63) is 42.2 Å². The zero-order chi connectivity index (χ0) is 16.9. The number of para-hydroxylation sites is 1. The van der Waals surface area contributed by atoms with E-state index in [2.05, 4.69) is 10.3 Å². The predicted molar refractivity (Wildman–Crippen MR) is 101 cm³/mol. The maximum absolute atomic E-state index is 11.8. The van der Waals surface area contributed by atoms with Crippen molar-refractivity contribution < 1.29 is 13.9 Å². The highest BCUT2D eigenvalue weighted by molar-refractivity contribution is 7.21. The number of amides is 1. The molecule has 0 radical (unpaired) electrons. The highest BCUT2D eigenvalue weighted by atomic mass is 35.5. The Morgan fingerprint density at radius 1 is 1.36 bits per heavy atom. The zero-order valence-corrected chi connectivity index (χ0v) is 15.4. The standard InChI is InChI=1S/C17H19N3O3S.ClH/c1-22-12(9-18)8-16(21)19-10-11-6-7-14(23-11)17-20-13-4-2-3-5-15(13)24-17;/h2-7,12H,8-10,18H2,1H3,(H,19,21);1H. The Bertz CT molecular complexity index is 796. The molecule has 8 heteroatoms. The van der Waals surface area contributed by atoms with Crippen molar-refractivity contribution in [1.29, 1.82) is 0 Å². The number of carbonyl (C=O) groups excluding carboxylic acids is 1. The molecule has 3 rings (SSSR count). The second-order valence-corrected chi connectivity index (χ2v) is 6.36. The first kappa shape index (κ1) is 19.4. The number of methoxy groups -OCH3 is 1. The Balaban J connectivity index is 0.00000225. The lowest BCUT2D eigenvalue weighted by molar-refractivity contribution is -0.123. The van der Waals surface area contributed by atoms with Crippen LogP contribution >= 0.6 is 23.7 Å². The molecule has 0 aliphatic carbocycles. The molecule has 3 N–H and O–H groups in total. The summed E-state index contributed by atoms with van der Waals surface area (Å²) >= 11 is 1.58. The quantitative estimate of drug-likeness (QED) is 0.656. The molecule has 1 aromatic carbocycles. The van der Waals surface area contributed by atoms with Crippen molar-refractivity contribution in [2.75, 3.05) is 13.7 Å². The number of thiazole rings is 1. The summed E-state index contributed by atoms with van der Waals surface area (Å²) in [7, 11) is 1.54. The van der Waals surface area contributed by atoms with Gasteiger partial charge in [0.2, 0.25) is 5.91 Å². The second-order valence-electron chi connectivity index (χ2n) is 5.33. The van der Waals surface area contributed by atoms with Crippen LogP contribution in [0.1, 0.15) is 12.2 Å². The van der Waals surface area contributed by atoms with E-state index in [-0.39, 0.29) is 30.8 Å². The maximum atomic E-state index is 11.8. The van der Waals surface area contributed by atoms with Gasteiger partial charge in [-0.15, -0.1) is 23.7 Å². The summed E-state index contributed by atoms with van der Waals surface area (Å²) in [5.41, 5.74) is 6.46. The predicted octanol–water partition coefficient (Wildman–Crippen LogP) is 2.96. The summed E-state index contributed by atoms with van der Waals surface area (Å²) < 4.78 is 12.0. The van der Waals surface area contributed by atoms with E-state index in [1.165, 1.54) is 0 Å². The molecule has 6 nitrogen and oxygen atoms in total. The molecule has 0 spiro atoms. The van der Waals surface area contributed by atoms with Crippen molar-refractivity contribution in [1.82, 2.24) is 10.3 Å². The molecular weight excluding hydrogens is 362 g/mol. The molecule has 1 amide bonds. The third-order valence-corrected chi connectivity index (χ3v) is 4.69. The number of halogens is 1. The van der Waals surface area contributed by atoms with Gasteiger partial charge < -0.3 is 20.2 Å². The highest BCUT2D eigenvalue weighted by Crippen LogP contribution is 2.31. The molecule has 3 aromatic rings. The number of hydrogen-bond donors (Lipinski definition) is 2. The van der Waals surface area contributed by atoms with Gasteiger partial charge in [0.15, 0.2) is 10.8 Å². The molecule has 2 heterocycles. The van der Waals surface area contributed by atoms with E-state index in [1.54, 1.807) is 18.4 Å². The van der Waals surface area contributed by atoms with Gasteiger partial charge in [-0.3, -0.25) is 4.79 Å². The largest absolute Gasteiger partial charge is 0.457 e. The van der Waals surface area contributed by atoms with Crippen LogP contribution in [0, 0.1) is 0 Å². The molecule has 0 aliphatic rings. The van der Waals surface area contributed by atoms with Crippen LogP contribution in [0.25, 0.3) is 21.0 Å². The number of nitrogens with zero attached hydrogens (tertiary/aromatic N) is 1. The first-order valence-corrected chi connectivity index (χ1v) is 8.45. The third-order valence-electron chi connectivity index (χ3n) is 3.64. The molecule has 0 aliphatic heterocycles. The lowest BCUT2D eigenvalue weighted by Crippen LogP contribution is -2.31. The number of fused-ring (bicyclic) bond motifs is 1. The Labute approximate surface area is 155 Å². The molecule has 25 heavy (non-hydrogen) atoms. The van der Waals surface area contributed by atoms with Crippen LogP contribution in [-0.2, 0) is 16.1 Å². The first-order valence-electron chi connectivity index (χ1n) is 7.64. The number of hydrogen-bond acceptors (Lipinski definition) is 6. The third kappa shape index (κ3) is 4.79. The Kier molecular flexibility index (Phi) is 6.95. The molecular formula is C17H20ClN3O3S. The van der Waals surface area contributed by atoms with Gasteiger partial charge in [0.25, 0.3) is 0 Å². The summed E-state index contributed by atoms with van der Waals surface area (Å²) in [5.74, 6) is 1.27. The van der Waals surface area contributed by atoms with Crippen LogP contribution in [-0.4, -0.2) is 30.6 Å². The Morgan fingerprint density at radius 3 is 2.88 bits per heavy atom. The van der Waals surface area contributed by atoms with Crippen molar-refractivity contribution in [2.45, 2.75) is 19.1 Å². The fourth-order valence-corrected chi connectivity index (χ4v) is 3.22. The number of nitrogens with two attached hydrogens (primary N) is 1. The number of furan rings is 1.